The van der Waals surface area contributed by atoms with Crippen LogP contribution in [0.25, 0.3) is 0 Å². The molecule has 1 unspecified atom stereocenters. The summed E-state index contributed by atoms with van der Waals surface area (Å²) in [4.78, 5) is 6.95. The molecule has 1 atom stereocenters. The molecule has 0 aliphatic carbocycles. The molecule has 3 aromatic rings. The molecule has 8 heteroatoms. The Kier molecular flexibility index (Phi) is 7.27. The zero-order valence-electron chi connectivity index (χ0n) is 18.9. The summed E-state index contributed by atoms with van der Waals surface area (Å²) in [6, 6.07) is 17.7. The van der Waals surface area contributed by atoms with Crippen molar-refractivity contribution in [1.29, 1.82) is 0 Å². The van der Waals surface area contributed by atoms with Crippen LogP contribution in [0.15, 0.2) is 71.8 Å². The number of hydrogen-bond acceptors (Lipinski definition) is 6. The molecule has 1 aliphatic heterocycles. The average Bonchev–Trinajstić information content (AvgIpc) is 2.85. The molecule has 4 rings (SSSR count). The van der Waals surface area contributed by atoms with E-state index in [1.54, 1.807) is 36.5 Å². The fraction of sp³-hybridized carbons (Fsp3) is 0.320. The van der Waals surface area contributed by atoms with Gasteiger partial charge in [-0.2, -0.15) is 0 Å². The summed E-state index contributed by atoms with van der Waals surface area (Å²) in [6.07, 6.45) is 2.31. The van der Waals surface area contributed by atoms with E-state index in [2.05, 4.69) is 20.7 Å². The fourth-order valence-electron chi connectivity index (χ4n) is 3.98. The van der Waals surface area contributed by atoms with Crippen LogP contribution in [0, 0.1) is 0 Å². The number of nitrogens with zero attached hydrogens (tertiary/aromatic N) is 2. The Hall–Kier alpha value is -2.94. The Morgan fingerprint density at radius 1 is 1.09 bits per heavy atom. The highest BCUT2D eigenvalue weighted by molar-refractivity contribution is 7.89. The van der Waals surface area contributed by atoms with Crippen LogP contribution in [-0.2, 0) is 21.2 Å². The Morgan fingerprint density at radius 3 is 2.58 bits per heavy atom. The second-order valence-corrected chi connectivity index (χ2v) is 9.61. The predicted molar refractivity (Wildman–Crippen MR) is 128 cm³/mol. The highest BCUT2D eigenvalue weighted by Gasteiger charge is 2.22. The minimum absolute atomic E-state index is 0.236. The van der Waals surface area contributed by atoms with E-state index in [4.69, 9.17) is 9.47 Å². The maximum absolute atomic E-state index is 12.8. The standard InChI is InChI=1S/C25H29N3O4S/c1-3-23-24(19(2)27-33(29,30)22-10-5-4-6-11-22)12-13-26-25(23)32-21-9-7-8-20(18-21)28-14-16-31-17-15-28/h4-13,18-19,27H,3,14-17H2,1-2H3. The second-order valence-electron chi connectivity index (χ2n) is 7.89. The number of hydrogen-bond donors (Lipinski definition) is 1. The molecule has 1 aromatic heterocycles. The molecular weight excluding hydrogens is 438 g/mol. The predicted octanol–water partition coefficient (Wildman–Crippen LogP) is 4.31. The zero-order valence-corrected chi connectivity index (χ0v) is 19.7. The van der Waals surface area contributed by atoms with Gasteiger partial charge in [-0.05, 0) is 49.2 Å². The van der Waals surface area contributed by atoms with E-state index in [1.807, 2.05) is 38.1 Å². The molecule has 0 saturated carbocycles. The number of morpholine rings is 1. The summed E-state index contributed by atoms with van der Waals surface area (Å²) in [5, 5.41) is 0. The smallest absolute Gasteiger partial charge is 0.241 e. The van der Waals surface area contributed by atoms with E-state index in [-0.39, 0.29) is 4.90 Å². The number of rotatable bonds is 8. The van der Waals surface area contributed by atoms with Gasteiger partial charge < -0.3 is 14.4 Å². The third-order valence-corrected chi connectivity index (χ3v) is 7.22. The first-order valence-electron chi connectivity index (χ1n) is 11.1. The third kappa shape index (κ3) is 5.52. The molecule has 0 radical (unpaired) electrons. The van der Waals surface area contributed by atoms with E-state index in [1.165, 1.54) is 0 Å². The summed E-state index contributed by atoms with van der Waals surface area (Å²) >= 11 is 0. The number of nitrogens with one attached hydrogen (secondary N) is 1. The van der Waals surface area contributed by atoms with Crippen molar-refractivity contribution in [1.82, 2.24) is 9.71 Å². The minimum atomic E-state index is -3.65. The first-order chi connectivity index (χ1) is 16.0. The lowest BCUT2D eigenvalue weighted by molar-refractivity contribution is 0.122. The van der Waals surface area contributed by atoms with Gasteiger partial charge in [-0.15, -0.1) is 0 Å². The lowest BCUT2D eigenvalue weighted by Gasteiger charge is -2.29. The van der Waals surface area contributed by atoms with Crippen molar-refractivity contribution in [2.45, 2.75) is 31.2 Å². The summed E-state index contributed by atoms with van der Waals surface area (Å²) < 4.78 is 40.0. The van der Waals surface area contributed by atoms with Crippen LogP contribution in [0.4, 0.5) is 5.69 Å². The molecule has 2 aromatic carbocycles. The number of anilines is 1. The number of benzene rings is 2. The highest BCUT2D eigenvalue weighted by Crippen LogP contribution is 2.31. The molecule has 2 heterocycles. The van der Waals surface area contributed by atoms with Crippen molar-refractivity contribution in [3.8, 4) is 11.6 Å². The lowest BCUT2D eigenvalue weighted by atomic mass is 10.0. The van der Waals surface area contributed by atoms with Crippen molar-refractivity contribution in [3.63, 3.8) is 0 Å². The Labute approximate surface area is 195 Å². The van der Waals surface area contributed by atoms with Gasteiger partial charge in [0.1, 0.15) is 5.75 Å². The van der Waals surface area contributed by atoms with Gasteiger partial charge in [-0.25, -0.2) is 18.1 Å². The Balaban J connectivity index is 1.56. The molecule has 1 fully saturated rings. The van der Waals surface area contributed by atoms with Crippen LogP contribution in [0.2, 0.25) is 0 Å². The Bertz CT molecular complexity index is 1180. The van der Waals surface area contributed by atoms with Crippen LogP contribution >= 0.6 is 0 Å². The Morgan fingerprint density at radius 2 is 1.85 bits per heavy atom. The average molecular weight is 468 g/mol. The van der Waals surface area contributed by atoms with Crippen LogP contribution in [0.3, 0.4) is 0 Å². The topological polar surface area (TPSA) is 80.8 Å². The van der Waals surface area contributed by atoms with Gasteiger partial charge >= 0.3 is 0 Å². The minimum Gasteiger partial charge on any atom is -0.439 e. The van der Waals surface area contributed by atoms with Gasteiger partial charge in [0.15, 0.2) is 0 Å². The van der Waals surface area contributed by atoms with Crippen LogP contribution in [0.1, 0.15) is 31.0 Å². The maximum atomic E-state index is 12.8. The molecule has 0 bridgehead atoms. The molecule has 1 saturated heterocycles. The van der Waals surface area contributed by atoms with E-state index in [0.29, 0.717) is 31.3 Å². The zero-order chi connectivity index (χ0) is 23.3. The molecule has 7 nitrogen and oxygen atoms in total. The van der Waals surface area contributed by atoms with Gasteiger partial charge in [0.2, 0.25) is 15.9 Å². The van der Waals surface area contributed by atoms with Gasteiger partial charge in [0, 0.05) is 42.6 Å². The number of ether oxygens (including phenoxy) is 2. The molecule has 0 amide bonds. The molecule has 1 aliphatic rings. The van der Waals surface area contributed by atoms with Crippen molar-refractivity contribution in [3.05, 3.63) is 78.0 Å². The third-order valence-electron chi connectivity index (χ3n) is 5.67. The number of sulfonamides is 1. The lowest BCUT2D eigenvalue weighted by Crippen LogP contribution is -2.36. The van der Waals surface area contributed by atoms with Gasteiger partial charge in [-0.3, -0.25) is 0 Å². The van der Waals surface area contributed by atoms with E-state index in [9.17, 15) is 8.42 Å². The largest absolute Gasteiger partial charge is 0.439 e. The van der Waals surface area contributed by atoms with Crippen molar-refractivity contribution >= 4 is 15.7 Å². The van der Waals surface area contributed by atoms with Gasteiger partial charge in [0.25, 0.3) is 0 Å². The fourth-order valence-corrected chi connectivity index (χ4v) is 5.22. The summed E-state index contributed by atoms with van der Waals surface area (Å²) in [5.74, 6) is 1.18. The highest BCUT2D eigenvalue weighted by atomic mass is 32.2. The van der Waals surface area contributed by atoms with Crippen LogP contribution in [0.5, 0.6) is 11.6 Å². The second kappa shape index (κ2) is 10.3. The summed E-state index contributed by atoms with van der Waals surface area (Å²) in [7, 11) is -3.65. The monoisotopic (exact) mass is 467 g/mol. The van der Waals surface area contributed by atoms with Crippen LogP contribution in [-0.4, -0.2) is 39.7 Å². The van der Waals surface area contributed by atoms with Crippen LogP contribution < -0.4 is 14.4 Å². The number of aromatic nitrogens is 1. The molecule has 1 N–H and O–H groups in total. The van der Waals surface area contributed by atoms with E-state index < -0.39 is 16.1 Å². The molecule has 33 heavy (non-hydrogen) atoms. The van der Waals surface area contributed by atoms with Crippen molar-refractivity contribution in [2.75, 3.05) is 31.2 Å². The molecule has 0 spiro atoms. The van der Waals surface area contributed by atoms with E-state index >= 15 is 0 Å². The van der Waals surface area contributed by atoms with Gasteiger partial charge in [-0.1, -0.05) is 31.2 Å². The number of pyridine rings is 1. The molecule has 174 valence electrons. The molecular formula is C25H29N3O4S. The van der Waals surface area contributed by atoms with Gasteiger partial charge in [0.05, 0.1) is 18.1 Å². The quantitative estimate of drug-likeness (QED) is 0.532. The maximum Gasteiger partial charge on any atom is 0.241 e. The summed E-state index contributed by atoms with van der Waals surface area (Å²) in [6.45, 7) is 6.96. The first-order valence-corrected chi connectivity index (χ1v) is 12.6. The van der Waals surface area contributed by atoms with Crippen molar-refractivity contribution in [2.24, 2.45) is 0 Å². The van der Waals surface area contributed by atoms with Crippen molar-refractivity contribution < 1.29 is 17.9 Å². The first kappa shape index (κ1) is 23.2. The van der Waals surface area contributed by atoms with E-state index in [0.717, 1.165) is 29.9 Å². The normalized spacial score (nSPS) is 15.3. The SMILES string of the molecule is CCc1c(C(C)NS(=O)(=O)c2ccccc2)ccnc1Oc1cccc(N2CCOCC2)c1. The summed E-state index contributed by atoms with van der Waals surface area (Å²) in [5.41, 5.74) is 2.79.